The minimum absolute atomic E-state index is 0.0126. The molecule has 2 amide bonds. The van der Waals surface area contributed by atoms with Gasteiger partial charge < -0.3 is 19.5 Å². The van der Waals surface area contributed by atoms with Crippen LogP contribution in [0, 0.1) is 17.2 Å². The summed E-state index contributed by atoms with van der Waals surface area (Å²) in [6.45, 7) is 1.75. The average Bonchev–Trinajstić information content (AvgIpc) is 2.85. The molecule has 3 heterocycles. The highest BCUT2D eigenvalue weighted by Crippen LogP contribution is 2.36. The lowest BCUT2D eigenvalue weighted by Crippen LogP contribution is -2.50. The van der Waals surface area contributed by atoms with E-state index < -0.39 is 0 Å². The highest BCUT2D eigenvalue weighted by Gasteiger charge is 2.36. The van der Waals surface area contributed by atoms with Crippen LogP contribution in [0.1, 0.15) is 23.6 Å². The first-order valence-electron chi connectivity index (χ1n) is 11.0. The molecular formula is C26H24N4O3. The number of benzene rings is 2. The van der Waals surface area contributed by atoms with Crippen LogP contribution >= 0.6 is 0 Å². The minimum atomic E-state index is -0.176. The zero-order chi connectivity index (χ0) is 22.9. The Morgan fingerprint density at radius 3 is 2.67 bits per heavy atom. The molecule has 7 heteroatoms. The largest absolute Gasteiger partial charge is 0.497 e. The van der Waals surface area contributed by atoms with Gasteiger partial charge in [0.15, 0.2) is 0 Å². The number of ether oxygens (including phenoxy) is 1. The van der Waals surface area contributed by atoms with E-state index >= 15 is 0 Å². The number of nitrogens with zero attached hydrogens (tertiary/aromatic N) is 3. The van der Waals surface area contributed by atoms with Crippen LogP contribution in [0.5, 0.6) is 5.75 Å². The van der Waals surface area contributed by atoms with Crippen molar-refractivity contribution in [3.8, 4) is 22.9 Å². The molecule has 1 N–H and O–H groups in total. The van der Waals surface area contributed by atoms with Gasteiger partial charge in [-0.25, -0.2) is 4.79 Å². The fraction of sp³-hybridized carbons (Fsp3) is 0.269. The maximum absolute atomic E-state index is 13.3. The third kappa shape index (κ3) is 3.96. The SMILES string of the molecule is COc1ccc(-c2ccc3n(c2=O)C[C@@H]2C[C@@H]3CN(C(=O)Nc3cccc(C#N)c3)C2)cc1. The number of hydrogen-bond donors (Lipinski definition) is 1. The van der Waals surface area contributed by atoms with Crippen molar-refractivity contribution >= 4 is 11.7 Å². The summed E-state index contributed by atoms with van der Waals surface area (Å²) in [4.78, 5) is 28.1. The lowest BCUT2D eigenvalue weighted by atomic mass is 9.83. The van der Waals surface area contributed by atoms with Crippen molar-refractivity contribution in [2.45, 2.75) is 18.9 Å². The molecule has 1 fully saturated rings. The normalized spacial score (nSPS) is 18.7. The number of likely N-dealkylation sites (tertiary alicyclic amines) is 1. The average molecular weight is 441 g/mol. The van der Waals surface area contributed by atoms with Gasteiger partial charge in [-0.1, -0.05) is 18.2 Å². The van der Waals surface area contributed by atoms with Crippen molar-refractivity contribution in [3.05, 3.63) is 82.3 Å². The Balaban J connectivity index is 1.37. The quantitative estimate of drug-likeness (QED) is 0.666. The summed E-state index contributed by atoms with van der Waals surface area (Å²) >= 11 is 0. The Hall–Kier alpha value is -4.05. The van der Waals surface area contributed by atoms with E-state index in [1.807, 2.05) is 45.9 Å². The molecule has 7 nitrogen and oxygen atoms in total. The molecule has 2 aliphatic rings. The number of hydrogen-bond acceptors (Lipinski definition) is 4. The molecular weight excluding hydrogens is 416 g/mol. The number of piperidine rings is 1. The second-order valence-electron chi connectivity index (χ2n) is 8.64. The highest BCUT2D eigenvalue weighted by atomic mass is 16.5. The number of carbonyl (C=O) groups is 1. The summed E-state index contributed by atoms with van der Waals surface area (Å²) in [5.41, 5.74) is 3.65. The van der Waals surface area contributed by atoms with Crippen molar-refractivity contribution in [2.75, 3.05) is 25.5 Å². The van der Waals surface area contributed by atoms with Gasteiger partial charge in [0.2, 0.25) is 0 Å². The van der Waals surface area contributed by atoms with E-state index in [0.717, 1.165) is 23.4 Å². The fourth-order valence-corrected chi connectivity index (χ4v) is 4.97. The molecule has 0 saturated carbocycles. The molecule has 0 spiro atoms. The molecule has 2 aromatic carbocycles. The Bertz CT molecular complexity index is 1310. The maximum atomic E-state index is 13.3. The van der Waals surface area contributed by atoms with Crippen LogP contribution < -0.4 is 15.6 Å². The number of nitrogens with one attached hydrogen (secondary N) is 1. The molecule has 1 aromatic heterocycles. The number of rotatable bonds is 3. The van der Waals surface area contributed by atoms with Gasteiger partial charge in [-0.2, -0.15) is 5.26 Å². The Morgan fingerprint density at radius 1 is 1.09 bits per heavy atom. The Labute approximate surface area is 191 Å². The summed E-state index contributed by atoms with van der Waals surface area (Å²) in [5, 5.41) is 12.0. The first-order chi connectivity index (χ1) is 16.1. The second-order valence-corrected chi connectivity index (χ2v) is 8.64. The summed E-state index contributed by atoms with van der Waals surface area (Å²) in [5.74, 6) is 1.09. The summed E-state index contributed by atoms with van der Waals surface area (Å²) in [6, 6.07) is 20.2. The van der Waals surface area contributed by atoms with Gasteiger partial charge in [-0.3, -0.25) is 4.79 Å². The Kier molecular flexibility index (Phi) is 5.35. The lowest BCUT2D eigenvalue weighted by molar-refractivity contribution is 0.139. The number of methoxy groups -OCH3 is 1. The standard InChI is InChI=1S/C26H24N4O3/c1-33-22-7-5-19(6-8-22)23-9-10-24-20-11-18(15-30(24)25(23)31)14-29(16-20)26(32)28-21-4-2-3-17(12-21)13-27/h2-10,12,18,20H,11,14-16H2,1H3,(H,28,32)/t18-,20-/m1/s1. The first kappa shape index (κ1) is 20.8. The summed E-state index contributed by atoms with van der Waals surface area (Å²) in [7, 11) is 1.62. The molecule has 3 aromatic rings. The van der Waals surface area contributed by atoms with E-state index in [9.17, 15) is 9.59 Å². The van der Waals surface area contributed by atoms with Crippen LogP contribution in [-0.2, 0) is 6.54 Å². The van der Waals surface area contributed by atoms with E-state index in [1.54, 1.807) is 31.4 Å². The predicted molar refractivity (Wildman–Crippen MR) is 125 cm³/mol. The maximum Gasteiger partial charge on any atom is 0.321 e. The van der Waals surface area contributed by atoms with Crippen LogP contribution in [-0.4, -0.2) is 35.7 Å². The minimum Gasteiger partial charge on any atom is -0.497 e. The number of pyridine rings is 1. The molecule has 33 heavy (non-hydrogen) atoms. The number of amides is 2. The highest BCUT2D eigenvalue weighted by molar-refractivity contribution is 5.89. The molecule has 166 valence electrons. The molecule has 1 saturated heterocycles. The van der Waals surface area contributed by atoms with Gasteiger partial charge in [0.25, 0.3) is 5.56 Å². The molecule has 2 bridgehead atoms. The number of urea groups is 1. The van der Waals surface area contributed by atoms with Crippen molar-refractivity contribution in [1.82, 2.24) is 9.47 Å². The smallest absolute Gasteiger partial charge is 0.321 e. The van der Waals surface area contributed by atoms with Gasteiger partial charge >= 0.3 is 6.03 Å². The van der Waals surface area contributed by atoms with Crippen molar-refractivity contribution in [2.24, 2.45) is 5.92 Å². The van der Waals surface area contributed by atoms with Crippen molar-refractivity contribution in [1.29, 1.82) is 5.26 Å². The van der Waals surface area contributed by atoms with Gasteiger partial charge in [0.1, 0.15) is 5.75 Å². The molecule has 0 unspecified atom stereocenters. The first-order valence-corrected chi connectivity index (χ1v) is 11.0. The van der Waals surface area contributed by atoms with Crippen LogP contribution in [0.3, 0.4) is 0 Å². The number of anilines is 1. The predicted octanol–water partition coefficient (Wildman–Crippen LogP) is 4.05. The van der Waals surface area contributed by atoms with Gasteiger partial charge in [-0.05, 0) is 60.4 Å². The number of fused-ring (bicyclic) bond motifs is 4. The molecule has 2 aliphatic heterocycles. The molecule has 0 aliphatic carbocycles. The third-order valence-electron chi connectivity index (χ3n) is 6.54. The van der Waals surface area contributed by atoms with Crippen molar-refractivity contribution < 1.29 is 9.53 Å². The molecule has 0 radical (unpaired) electrons. The zero-order valence-electron chi connectivity index (χ0n) is 18.3. The fourth-order valence-electron chi connectivity index (χ4n) is 4.97. The van der Waals surface area contributed by atoms with E-state index in [1.165, 1.54) is 0 Å². The van der Waals surface area contributed by atoms with Gasteiger partial charge in [0, 0.05) is 42.5 Å². The van der Waals surface area contributed by atoms with Gasteiger partial charge in [-0.15, -0.1) is 0 Å². The van der Waals surface area contributed by atoms with E-state index in [-0.39, 0.29) is 23.4 Å². The van der Waals surface area contributed by atoms with E-state index in [0.29, 0.717) is 36.4 Å². The zero-order valence-corrected chi connectivity index (χ0v) is 18.3. The lowest BCUT2D eigenvalue weighted by Gasteiger charge is -2.42. The Morgan fingerprint density at radius 2 is 1.91 bits per heavy atom. The van der Waals surface area contributed by atoms with Crippen molar-refractivity contribution in [3.63, 3.8) is 0 Å². The number of aromatic nitrogens is 1. The van der Waals surface area contributed by atoms with Crippen LogP contribution in [0.25, 0.3) is 11.1 Å². The molecule has 2 atom stereocenters. The second kappa shape index (κ2) is 8.47. The summed E-state index contributed by atoms with van der Waals surface area (Å²) in [6.07, 6.45) is 0.967. The van der Waals surface area contributed by atoms with Crippen LogP contribution in [0.4, 0.5) is 10.5 Å². The van der Waals surface area contributed by atoms with Gasteiger partial charge in [0.05, 0.1) is 18.7 Å². The summed E-state index contributed by atoms with van der Waals surface area (Å²) < 4.78 is 7.11. The van der Waals surface area contributed by atoms with E-state index in [4.69, 9.17) is 10.00 Å². The number of carbonyl (C=O) groups excluding carboxylic acids is 1. The van der Waals surface area contributed by atoms with E-state index in [2.05, 4.69) is 11.4 Å². The topological polar surface area (TPSA) is 87.4 Å². The van der Waals surface area contributed by atoms with Crippen LogP contribution in [0.15, 0.2) is 65.5 Å². The van der Waals surface area contributed by atoms with Crippen LogP contribution in [0.2, 0.25) is 0 Å². The molecule has 5 rings (SSSR count). The third-order valence-corrected chi connectivity index (χ3v) is 6.54. The number of nitriles is 1. The monoisotopic (exact) mass is 440 g/mol.